The molecule has 2 aromatic carbocycles. The van der Waals surface area contributed by atoms with Crippen LogP contribution in [0.3, 0.4) is 0 Å². The van der Waals surface area contributed by atoms with Gasteiger partial charge in [-0.05, 0) is 48.2 Å². The van der Waals surface area contributed by atoms with E-state index in [0.29, 0.717) is 16.9 Å². The number of methoxy groups -OCH3 is 1. The van der Waals surface area contributed by atoms with Gasteiger partial charge >= 0.3 is 6.36 Å². The van der Waals surface area contributed by atoms with Gasteiger partial charge < -0.3 is 24.8 Å². The van der Waals surface area contributed by atoms with Crippen molar-refractivity contribution in [1.29, 1.82) is 0 Å². The van der Waals surface area contributed by atoms with E-state index in [9.17, 15) is 18.3 Å². The molecule has 2 fully saturated rings. The van der Waals surface area contributed by atoms with E-state index >= 15 is 0 Å². The highest BCUT2D eigenvalue weighted by Gasteiger charge is 2.40. The van der Waals surface area contributed by atoms with Crippen molar-refractivity contribution in [2.24, 2.45) is 0 Å². The van der Waals surface area contributed by atoms with E-state index in [1.54, 1.807) is 13.2 Å². The van der Waals surface area contributed by atoms with Gasteiger partial charge in [-0.25, -0.2) is 0 Å². The first-order valence-corrected chi connectivity index (χ1v) is 12.0. The third-order valence-corrected chi connectivity index (χ3v) is 7.02. The van der Waals surface area contributed by atoms with E-state index in [0.717, 1.165) is 70.4 Å². The predicted octanol–water partition coefficient (Wildman–Crippen LogP) is 4.94. The zero-order chi connectivity index (χ0) is 24.2. The molecule has 1 saturated heterocycles. The number of aliphatic hydroxyl groups is 1. The first-order valence-electron chi connectivity index (χ1n) is 12.0. The molecular formula is C26H33F3N2O3. The molecule has 2 N–H and O–H groups in total. The summed E-state index contributed by atoms with van der Waals surface area (Å²) in [6.07, 6.45) is -0.144. The maximum Gasteiger partial charge on any atom is 0.573 e. The molecule has 1 saturated carbocycles. The number of hydrogen-bond donors (Lipinski definition) is 2. The molecule has 0 spiro atoms. The molecule has 1 aliphatic heterocycles. The molecule has 1 heterocycles. The molecule has 0 amide bonds. The van der Waals surface area contributed by atoms with Crippen molar-refractivity contribution in [2.45, 2.75) is 50.0 Å². The zero-order valence-electron chi connectivity index (χ0n) is 19.5. The molecule has 5 nitrogen and oxygen atoms in total. The smallest absolute Gasteiger partial charge is 0.496 e. The summed E-state index contributed by atoms with van der Waals surface area (Å²) in [5, 5.41) is 15.1. The van der Waals surface area contributed by atoms with Crippen LogP contribution in [0.15, 0.2) is 42.5 Å². The number of nitrogens with zero attached hydrogens (tertiary/aromatic N) is 1. The van der Waals surface area contributed by atoms with Crippen LogP contribution in [-0.2, 0) is 0 Å². The summed E-state index contributed by atoms with van der Waals surface area (Å²) in [5.41, 5.74) is 1.41. The highest BCUT2D eigenvalue weighted by atomic mass is 19.4. The normalized spacial score (nSPS) is 20.0. The van der Waals surface area contributed by atoms with Gasteiger partial charge in [-0.1, -0.05) is 37.5 Å². The molecule has 34 heavy (non-hydrogen) atoms. The Kier molecular flexibility index (Phi) is 7.70. The molecule has 186 valence electrons. The molecule has 1 atom stereocenters. The SMILES string of the molecule is COc1ccc(C(CN2CCNCC2)C2(O)CCCCC2)cc1-c1cccc(OC(F)(F)F)c1. The fourth-order valence-corrected chi connectivity index (χ4v) is 5.28. The van der Waals surface area contributed by atoms with Crippen LogP contribution in [0.5, 0.6) is 11.5 Å². The van der Waals surface area contributed by atoms with Gasteiger partial charge in [-0.15, -0.1) is 13.2 Å². The summed E-state index contributed by atoms with van der Waals surface area (Å²) < 4.78 is 48.0. The predicted molar refractivity (Wildman–Crippen MR) is 125 cm³/mol. The van der Waals surface area contributed by atoms with Gasteiger partial charge in [-0.2, -0.15) is 0 Å². The monoisotopic (exact) mass is 478 g/mol. The number of alkyl halides is 3. The Morgan fingerprint density at radius 1 is 1.06 bits per heavy atom. The number of nitrogens with one attached hydrogen (secondary N) is 1. The van der Waals surface area contributed by atoms with Gasteiger partial charge in [-0.3, -0.25) is 0 Å². The lowest BCUT2D eigenvalue weighted by molar-refractivity contribution is -0.274. The number of hydrogen-bond acceptors (Lipinski definition) is 5. The minimum atomic E-state index is -4.76. The lowest BCUT2D eigenvalue weighted by atomic mass is 9.72. The molecule has 4 rings (SSSR count). The highest BCUT2D eigenvalue weighted by molar-refractivity contribution is 5.72. The lowest BCUT2D eigenvalue weighted by Crippen LogP contribution is -2.49. The first kappa shape index (κ1) is 24.8. The van der Waals surface area contributed by atoms with Crippen LogP contribution >= 0.6 is 0 Å². The van der Waals surface area contributed by atoms with Crippen LogP contribution in [0.4, 0.5) is 13.2 Å². The second-order valence-electron chi connectivity index (χ2n) is 9.30. The van der Waals surface area contributed by atoms with E-state index < -0.39 is 12.0 Å². The summed E-state index contributed by atoms with van der Waals surface area (Å²) in [6, 6.07) is 11.7. The van der Waals surface area contributed by atoms with Crippen LogP contribution in [0.25, 0.3) is 11.1 Å². The largest absolute Gasteiger partial charge is 0.573 e. The first-order chi connectivity index (χ1) is 16.3. The van der Waals surface area contributed by atoms with E-state index in [1.807, 2.05) is 18.2 Å². The van der Waals surface area contributed by atoms with Gasteiger partial charge in [0.1, 0.15) is 11.5 Å². The average molecular weight is 479 g/mol. The van der Waals surface area contributed by atoms with E-state index in [2.05, 4.69) is 15.0 Å². The average Bonchev–Trinajstić information content (AvgIpc) is 2.82. The Labute approximate surface area is 198 Å². The lowest BCUT2D eigenvalue weighted by Gasteiger charge is -2.42. The van der Waals surface area contributed by atoms with Gasteiger partial charge in [0.25, 0.3) is 0 Å². The van der Waals surface area contributed by atoms with E-state index in [-0.39, 0.29) is 11.7 Å². The van der Waals surface area contributed by atoms with Crippen molar-refractivity contribution >= 4 is 0 Å². The molecule has 0 radical (unpaired) electrons. The van der Waals surface area contributed by atoms with Crippen molar-refractivity contribution in [3.05, 3.63) is 48.0 Å². The Morgan fingerprint density at radius 3 is 2.47 bits per heavy atom. The second-order valence-corrected chi connectivity index (χ2v) is 9.30. The summed E-state index contributed by atoms with van der Waals surface area (Å²) >= 11 is 0. The van der Waals surface area contributed by atoms with Gasteiger partial charge in [0.05, 0.1) is 12.7 Å². The summed E-state index contributed by atoms with van der Waals surface area (Å²) in [4.78, 5) is 2.38. The highest BCUT2D eigenvalue weighted by Crippen LogP contribution is 2.43. The van der Waals surface area contributed by atoms with Crippen LogP contribution in [0.2, 0.25) is 0 Å². The molecule has 0 bridgehead atoms. The molecular weight excluding hydrogens is 445 g/mol. The quantitative estimate of drug-likeness (QED) is 0.590. The number of rotatable bonds is 7. The molecule has 2 aromatic rings. The number of piperazine rings is 1. The van der Waals surface area contributed by atoms with E-state index in [4.69, 9.17) is 4.74 Å². The number of benzene rings is 2. The maximum absolute atomic E-state index is 12.8. The van der Waals surface area contributed by atoms with Crippen LogP contribution in [-0.4, -0.2) is 61.8 Å². The topological polar surface area (TPSA) is 54.0 Å². The van der Waals surface area contributed by atoms with Crippen molar-refractivity contribution in [1.82, 2.24) is 10.2 Å². The standard InChI is InChI=1S/C26H33F3N2O3/c1-33-24-9-8-20(17-22(24)19-6-5-7-21(16-19)34-26(27,28)29)23(18-31-14-12-30-13-15-31)25(32)10-3-2-4-11-25/h5-9,16-17,23,30,32H,2-4,10-15,18H2,1H3. The third kappa shape index (κ3) is 6.03. The molecule has 1 unspecified atom stereocenters. The molecule has 1 aliphatic carbocycles. The Hall–Kier alpha value is -2.29. The second kappa shape index (κ2) is 10.5. The maximum atomic E-state index is 12.8. The van der Waals surface area contributed by atoms with Crippen LogP contribution in [0.1, 0.15) is 43.6 Å². The van der Waals surface area contributed by atoms with Crippen molar-refractivity contribution in [3.8, 4) is 22.6 Å². The summed E-state index contributed by atoms with van der Waals surface area (Å²) in [5.74, 6) is 0.176. The molecule has 0 aromatic heterocycles. The zero-order valence-corrected chi connectivity index (χ0v) is 19.5. The van der Waals surface area contributed by atoms with Crippen molar-refractivity contribution in [2.75, 3.05) is 39.8 Å². The van der Waals surface area contributed by atoms with Gasteiger partial charge in [0.2, 0.25) is 0 Å². The fraction of sp³-hybridized carbons (Fsp3) is 0.538. The van der Waals surface area contributed by atoms with Crippen molar-refractivity contribution < 1.29 is 27.8 Å². The fourth-order valence-electron chi connectivity index (χ4n) is 5.28. The van der Waals surface area contributed by atoms with E-state index in [1.165, 1.54) is 18.2 Å². The minimum Gasteiger partial charge on any atom is -0.496 e. The van der Waals surface area contributed by atoms with Gasteiger partial charge in [0.15, 0.2) is 0 Å². The number of ether oxygens (including phenoxy) is 2. The summed E-state index contributed by atoms with van der Waals surface area (Å²) in [6.45, 7) is 4.43. The summed E-state index contributed by atoms with van der Waals surface area (Å²) in [7, 11) is 1.54. The minimum absolute atomic E-state index is 0.106. The van der Waals surface area contributed by atoms with Gasteiger partial charge in [0, 0.05) is 44.2 Å². The Bertz CT molecular complexity index is 955. The Balaban J connectivity index is 1.71. The van der Waals surface area contributed by atoms with Crippen molar-refractivity contribution in [3.63, 3.8) is 0 Å². The Morgan fingerprint density at radius 2 is 1.79 bits per heavy atom. The molecule has 8 heteroatoms. The number of halogens is 3. The van der Waals surface area contributed by atoms with Crippen LogP contribution in [0, 0.1) is 0 Å². The molecule has 2 aliphatic rings. The third-order valence-electron chi connectivity index (χ3n) is 7.02. The van der Waals surface area contributed by atoms with Crippen LogP contribution < -0.4 is 14.8 Å².